The number of aromatic nitrogens is 1. The van der Waals surface area contributed by atoms with Crippen LogP contribution in [-0.2, 0) is 0 Å². The molecule has 1 aliphatic rings. The van der Waals surface area contributed by atoms with E-state index in [-0.39, 0.29) is 11.9 Å². The first-order chi connectivity index (χ1) is 6.77. The molecule has 2 unspecified atom stereocenters. The molecule has 1 aliphatic carbocycles. The van der Waals surface area contributed by atoms with E-state index in [4.69, 9.17) is 0 Å². The highest BCUT2D eigenvalue weighted by molar-refractivity contribution is 9.09. The fourth-order valence-corrected chi connectivity index (χ4v) is 2.90. The molecule has 76 valence electrons. The smallest absolute Gasteiger partial charge is 0.271 e. The van der Waals surface area contributed by atoms with Crippen molar-refractivity contribution in [2.75, 3.05) is 0 Å². The summed E-state index contributed by atoms with van der Waals surface area (Å²) >= 11 is 5.01. The van der Waals surface area contributed by atoms with Crippen LogP contribution in [0.15, 0.2) is 10.9 Å². The van der Waals surface area contributed by atoms with E-state index < -0.39 is 0 Å². The number of nitrogens with zero attached hydrogens (tertiary/aromatic N) is 1. The predicted octanol–water partition coefficient (Wildman–Crippen LogP) is 2.19. The van der Waals surface area contributed by atoms with Crippen molar-refractivity contribution in [3.8, 4) is 0 Å². The molecule has 0 spiro atoms. The number of amides is 1. The Morgan fingerprint density at radius 3 is 3.07 bits per heavy atom. The van der Waals surface area contributed by atoms with Gasteiger partial charge < -0.3 is 5.32 Å². The summed E-state index contributed by atoms with van der Waals surface area (Å²) in [6, 6.07) is 0.268. The lowest BCUT2D eigenvalue weighted by Crippen LogP contribution is -2.37. The van der Waals surface area contributed by atoms with Crippen LogP contribution in [0.1, 0.15) is 29.8 Å². The molecule has 0 aliphatic heterocycles. The molecule has 1 fully saturated rings. The summed E-state index contributed by atoms with van der Waals surface area (Å²) in [6.45, 7) is 0. The van der Waals surface area contributed by atoms with Gasteiger partial charge in [-0.1, -0.05) is 22.4 Å². The Hall–Kier alpha value is -0.420. The molecule has 1 heterocycles. The minimum Gasteiger partial charge on any atom is -0.347 e. The molecule has 14 heavy (non-hydrogen) atoms. The number of carbonyl (C=O) groups is 1. The third kappa shape index (κ3) is 2.15. The molecular weight excluding hydrogens is 264 g/mol. The number of carbonyl (C=O) groups excluding carboxylic acids is 1. The van der Waals surface area contributed by atoms with Gasteiger partial charge in [-0.15, -0.1) is 11.3 Å². The second-order valence-corrected chi connectivity index (χ2v) is 5.30. The van der Waals surface area contributed by atoms with Crippen molar-refractivity contribution in [2.24, 2.45) is 0 Å². The minimum absolute atomic E-state index is 0.0531. The first kappa shape index (κ1) is 10.1. The van der Waals surface area contributed by atoms with Gasteiger partial charge in [-0.2, -0.15) is 0 Å². The molecule has 0 radical (unpaired) electrons. The van der Waals surface area contributed by atoms with Crippen molar-refractivity contribution in [1.82, 2.24) is 10.3 Å². The second kappa shape index (κ2) is 4.40. The summed E-state index contributed by atoms with van der Waals surface area (Å²) in [5.74, 6) is -0.0531. The summed E-state index contributed by atoms with van der Waals surface area (Å²) in [5.41, 5.74) is 2.21. The Bertz CT molecular complexity index is 315. The monoisotopic (exact) mass is 274 g/mol. The van der Waals surface area contributed by atoms with Crippen LogP contribution in [-0.4, -0.2) is 21.8 Å². The van der Waals surface area contributed by atoms with E-state index in [0.29, 0.717) is 10.5 Å². The van der Waals surface area contributed by atoms with Crippen molar-refractivity contribution >= 4 is 33.2 Å². The fraction of sp³-hybridized carbons (Fsp3) is 0.556. The number of rotatable bonds is 2. The van der Waals surface area contributed by atoms with Gasteiger partial charge >= 0.3 is 0 Å². The third-order valence-corrected chi connectivity index (χ3v) is 4.10. The molecule has 1 saturated carbocycles. The van der Waals surface area contributed by atoms with Gasteiger partial charge in [-0.05, 0) is 12.8 Å². The molecular formula is C9H11BrN2OS. The second-order valence-electron chi connectivity index (χ2n) is 3.40. The van der Waals surface area contributed by atoms with Crippen LogP contribution in [0.25, 0.3) is 0 Å². The Morgan fingerprint density at radius 2 is 2.50 bits per heavy atom. The van der Waals surface area contributed by atoms with E-state index in [9.17, 15) is 4.79 Å². The van der Waals surface area contributed by atoms with E-state index in [0.717, 1.165) is 12.8 Å². The highest BCUT2D eigenvalue weighted by Gasteiger charge is 2.26. The number of halogens is 1. The van der Waals surface area contributed by atoms with Crippen LogP contribution in [0.2, 0.25) is 0 Å². The Labute approximate surface area is 95.1 Å². The van der Waals surface area contributed by atoms with Crippen LogP contribution in [0.4, 0.5) is 0 Å². The highest BCUT2D eigenvalue weighted by atomic mass is 79.9. The standard InChI is InChI=1S/C9H11BrN2OS/c10-6-2-1-3-7(6)12-9(13)8-4-14-5-11-8/h4-7H,1-3H2,(H,12,13). The first-order valence-corrected chi connectivity index (χ1v) is 6.46. The molecule has 1 aromatic rings. The minimum atomic E-state index is -0.0531. The molecule has 5 heteroatoms. The van der Waals surface area contributed by atoms with Crippen LogP contribution in [0.5, 0.6) is 0 Å². The average Bonchev–Trinajstić information content (AvgIpc) is 2.77. The first-order valence-electron chi connectivity index (χ1n) is 4.60. The molecule has 2 rings (SSSR count). The van der Waals surface area contributed by atoms with Crippen molar-refractivity contribution < 1.29 is 4.79 Å². The van der Waals surface area contributed by atoms with Crippen molar-refractivity contribution in [2.45, 2.75) is 30.1 Å². The van der Waals surface area contributed by atoms with Gasteiger partial charge in [-0.3, -0.25) is 4.79 Å². The normalized spacial score (nSPS) is 26.4. The zero-order valence-corrected chi connectivity index (χ0v) is 9.97. The van der Waals surface area contributed by atoms with E-state index in [1.807, 2.05) is 0 Å². The molecule has 1 amide bonds. The number of alkyl halides is 1. The number of thiazole rings is 1. The largest absolute Gasteiger partial charge is 0.347 e. The van der Waals surface area contributed by atoms with E-state index >= 15 is 0 Å². The molecule has 3 nitrogen and oxygen atoms in total. The number of hydrogen-bond acceptors (Lipinski definition) is 3. The Kier molecular flexibility index (Phi) is 3.18. The molecule has 1 aromatic heterocycles. The molecule has 2 atom stereocenters. The Balaban J connectivity index is 1.95. The van der Waals surface area contributed by atoms with E-state index in [2.05, 4.69) is 26.2 Å². The molecule has 0 bridgehead atoms. The highest BCUT2D eigenvalue weighted by Crippen LogP contribution is 2.25. The lowest BCUT2D eigenvalue weighted by atomic mass is 10.2. The molecule has 1 N–H and O–H groups in total. The van der Waals surface area contributed by atoms with Gasteiger partial charge in [0.2, 0.25) is 0 Å². The summed E-state index contributed by atoms with van der Waals surface area (Å²) < 4.78 is 0. The van der Waals surface area contributed by atoms with Gasteiger partial charge in [0.25, 0.3) is 5.91 Å². The lowest BCUT2D eigenvalue weighted by Gasteiger charge is -2.14. The van der Waals surface area contributed by atoms with E-state index in [1.54, 1.807) is 10.9 Å². The summed E-state index contributed by atoms with van der Waals surface area (Å²) in [6.07, 6.45) is 3.38. The maximum atomic E-state index is 11.6. The summed E-state index contributed by atoms with van der Waals surface area (Å²) in [5, 5.41) is 4.76. The van der Waals surface area contributed by atoms with Gasteiger partial charge in [-0.25, -0.2) is 4.98 Å². The number of hydrogen-bond donors (Lipinski definition) is 1. The summed E-state index contributed by atoms with van der Waals surface area (Å²) in [7, 11) is 0. The van der Waals surface area contributed by atoms with Gasteiger partial charge in [0.15, 0.2) is 0 Å². The zero-order chi connectivity index (χ0) is 9.97. The average molecular weight is 275 g/mol. The van der Waals surface area contributed by atoms with Crippen LogP contribution >= 0.6 is 27.3 Å². The fourth-order valence-electron chi connectivity index (χ4n) is 1.64. The van der Waals surface area contributed by atoms with Crippen LogP contribution in [0.3, 0.4) is 0 Å². The van der Waals surface area contributed by atoms with Crippen molar-refractivity contribution in [1.29, 1.82) is 0 Å². The van der Waals surface area contributed by atoms with Crippen LogP contribution in [0, 0.1) is 0 Å². The van der Waals surface area contributed by atoms with Crippen LogP contribution < -0.4 is 5.32 Å². The van der Waals surface area contributed by atoms with Crippen molar-refractivity contribution in [3.05, 3.63) is 16.6 Å². The maximum absolute atomic E-state index is 11.6. The van der Waals surface area contributed by atoms with Gasteiger partial charge in [0.1, 0.15) is 5.69 Å². The van der Waals surface area contributed by atoms with Gasteiger partial charge in [0, 0.05) is 16.2 Å². The zero-order valence-electron chi connectivity index (χ0n) is 7.57. The molecule has 0 saturated heterocycles. The lowest BCUT2D eigenvalue weighted by molar-refractivity contribution is 0.0934. The molecule has 0 aromatic carbocycles. The third-order valence-electron chi connectivity index (χ3n) is 2.41. The van der Waals surface area contributed by atoms with Gasteiger partial charge in [0.05, 0.1) is 5.51 Å². The van der Waals surface area contributed by atoms with Crippen molar-refractivity contribution in [3.63, 3.8) is 0 Å². The SMILES string of the molecule is O=C(NC1CCCC1Br)c1cscn1. The maximum Gasteiger partial charge on any atom is 0.271 e. The van der Waals surface area contributed by atoms with E-state index in [1.165, 1.54) is 17.8 Å². The number of nitrogens with one attached hydrogen (secondary N) is 1. The Morgan fingerprint density at radius 1 is 1.64 bits per heavy atom. The summed E-state index contributed by atoms with van der Waals surface area (Å²) in [4.78, 5) is 16.0. The predicted molar refractivity (Wildman–Crippen MR) is 59.9 cm³/mol. The topological polar surface area (TPSA) is 42.0 Å². The quantitative estimate of drug-likeness (QED) is 0.841.